The van der Waals surface area contributed by atoms with E-state index in [9.17, 15) is 4.79 Å². The number of carbonyl (C=O) groups excluding carboxylic acids is 1. The zero-order chi connectivity index (χ0) is 12.8. The third-order valence-corrected chi connectivity index (χ3v) is 3.25. The molecule has 0 saturated heterocycles. The molecule has 0 aromatic carbocycles. The SMILES string of the molecule is COCCOCCC(=O)Cc1cn2ccsc2n1. The lowest BCUT2D eigenvalue weighted by atomic mass is 10.2. The summed E-state index contributed by atoms with van der Waals surface area (Å²) in [6, 6.07) is 0. The van der Waals surface area contributed by atoms with E-state index in [1.165, 1.54) is 0 Å². The van der Waals surface area contributed by atoms with Crippen LogP contribution < -0.4 is 0 Å². The molecular weight excluding hydrogens is 252 g/mol. The van der Waals surface area contributed by atoms with Crippen molar-refractivity contribution >= 4 is 22.1 Å². The number of hydrogen-bond donors (Lipinski definition) is 0. The highest BCUT2D eigenvalue weighted by molar-refractivity contribution is 7.15. The Bertz CT molecular complexity index is 478. The van der Waals surface area contributed by atoms with Crippen molar-refractivity contribution in [2.45, 2.75) is 12.8 Å². The van der Waals surface area contributed by atoms with Gasteiger partial charge in [-0.15, -0.1) is 11.3 Å². The van der Waals surface area contributed by atoms with Gasteiger partial charge in [-0.3, -0.25) is 9.20 Å². The summed E-state index contributed by atoms with van der Waals surface area (Å²) in [6.45, 7) is 1.54. The number of carbonyl (C=O) groups is 1. The van der Waals surface area contributed by atoms with Crippen LogP contribution in [-0.2, 0) is 20.7 Å². The molecule has 2 heterocycles. The zero-order valence-electron chi connectivity index (χ0n) is 10.3. The van der Waals surface area contributed by atoms with Crippen molar-refractivity contribution in [3.05, 3.63) is 23.5 Å². The number of ketones is 1. The van der Waals surface area contributed by atoms with Gasteiger partial charge in [0.1, 0.15) is 5.78 Å². The predicted octanol–water partition coefficient (Wildman–Crippen LogP) is 1.56. The van der Waals surface area contributed by atoms with Crippen molar-refractivity contribution in [3.8, 4) is 0 Å². The van der Waals surface area contributed by atoms with Crippen molar-refractivity contribution < 1.29 is 14.3 Å². The number of Topliss-reactive ketones (excluding diaryl/α,β-unsaturated/α-hetero) is 1. The molecule has 0 saturated carbocycles. The maximum Gasteiger partial charge on any atom is 0.193 e. The number of aromatic nitrogens is 2. The minimum atomic E-state index is 0.151. The fourth-order valence-electron chi connectivity index (χ4n) is 1.58. The molecule has 0 unspecified atom stereocenters. The normalized spacial score (nSPS) is 11.2. The molecule has 0 radical (unpaired) electrons. The van der Waals surface area contributed by atoms with E-state index in [1.54, 1.807) is 18.4 Å². The second-order valence-electron chi connectivity index (χ2n) is 3.90. The minimum absolute atomic E-state index is 0.151. The Balaban J connectivity index is 1.72. The van der Waals surface area contributed by atoms with Crippen LogP contribution in [0, 0.1) is 0 Å². The summed E-state index contributed by atoms with van der Waals surface area (Å²) in [5, 5.41) is 1.97. The molecule has 0 spiro atoms. The first-order valence-corrected chi connectivity index (χ1v) is 6.67. The van der Waals surface area contributed by atoms with Gasteiger partial charge in [-0.05, 0) is 0 Å². The topological polar surface area (TPSA) is 52.8 Å². The summed E-state index contributed by atoms with van der Waals surface area (Å²) in [7, 11) is 1.62. The third kappa shape index (κ3) is 3.63. The summed E-state index contributed by atoms with van der Waals surface area (Å²) < 4.78 is 12.0. The van der Waals surface area contributed by atoms with E-state index in [0.29, 0.717) is 32.7 Å². The quantitative estimate of drug-likeness (QED) is 0.682. The fourth-order valence-corrected chi connectivity index (χ4v) is 2.30. The molecule has 6 heteroatoms. The number of hydrogen-bond acceptors (Lipinski definition) is 5. The first kappa shape index (κ1) is 13.2. The maximum atomic E-state index is 11.7. The summed E-state index contributed by atoms with van der Waals surface area (Å²) in [5.41, 5.74) is 0.823. The number of thiazole rings is 1. The van der Waals surface area contributed by atoms with Gasteiger partial charge >= 0.3 is 0 Å². The molecule has 0 amide bonds. The van der Waals surface area contributed by atoms with E-state index < -0.39 is 0 Å². The van der Waals surface area contributed by atoms with Crippen molar-refractivity contribution in [1.29, 1.82) is 0 Å². The Morgan fingerprint density at radius 2 is 2.33 bits per heavy atom. The monoisotopic (exact) mass is 268 g/mol. The zero-order valence-corrected chi connectivity index (χ0v) is 11.1. The fraction of sp³-hybridized carbons (Fsp3) is 0.500. The highest BCUT2D eigenvalue weighted by Gasteiger charge is 2.08. The number of methoxy groups -OCH3 is 1. The smallest absolute Gasteiger partial charge is 0.193 e. The lowest BCUT2D eigenvalue weighted by molar-refractivity contribution is -0.119. The number of rotatable bonds is 8. The van der Waals surface area contributed by atoms with E-state index in [4.69, 9.17) is 9.47 Å². The Kier molecular flexibility index (Phi) is 4.86. The highest BCUT2D eigenvalue weighted by atomic mass is 32.1. The number of nitrogens with zero attached hydrogens (tertiary/aromatic N) is 2. The van der Waals surface area contributed by atoms with Crippen LogP contribution >= 0.6 is 11.3 Å². The Labute approximate surface area is 109 Å². The Morgan fingerprint density at radius 1 is 1.44 bits per heavy atom. The lowest BCUT2D eigenvalue weighted by Gasteiger charge is -2.02. The largest absolute Gasteiger partial charge is 0.382 e. The number of imidazole rings is 1. The van der Waals surface area contributed by atoms with Crippen molar-refractivity contribution in [3.63, 3.8) is 0 Å². The van der Waals surface area contributed by atoms with Crippen LogP contribution in [0.4, 0.5) is 0 Å². The first-order chi connectivity index (χ1) is 8.79. The molecule has 0 N–H and O–H groups in total. The van der Waals surface area contributed by atoms with Gasteiger partial charge in [-0.1, -0.05) is 0 Å². The van der Waals surface area contributed by atoms with Crippen LogP contribution in [-0.4, -0.2) is 42.1 Å². The van der Waals surface area contributed by atoms with E-state index >= 15 is 0 Å². The standard InChI is InChI=1S/C12H16N2O3S/c1-16-5-6-17-4-2-11(15)8-10-9-14-3-7-18-12(14)13-10/h3,7,9H,2,4-6,8H2,1H3. The van der Waals surface area contributed by atoms with Crippen molar-refractivity contribution in [1.82, 2.24) is 9.38 Å². The second-order valence-corrected chi connectivity index (χ2v) is 4.77. The highest BCUT2D eigenvalue weighted by Crippen LogP contribution is 2.12. The summed E-state index contributed by atoms with van der Waals surface area (Å²) in [4.78, 5) is 17.0. The third-order valence-electron chi connectivity index (χ3n) is 2.48. The van der Waals surface area contributed by atoms with Crippen LogP contribution in [0.2, 0.25) is 0 Å². The molecule has 0 aliphatic carbocycles. The second kappa shape index (κ2) is 6.63. The summed E-state index contributed by atoms with van der Waals surface area (Å²) in [5.74, 6) is 0.151. The van der Waals surface area contributed by atoms with Gasteiger partial charge in [-0.2, -0.15) is 0 Å². The van der Waals surface area contributed by atoms with Crippen molar-refractivity contribution in [2.24, 2.45) is 0 Å². The van der Waals surface area contributed by atoms with Gasteiger partial charge in [0.15, 0.2) is 4.96 Å². The molecule has 0 bridgehead atoms. The van der Waals surface area contributed by atoms with E-state index in [-0.39, 0.29) is 5.78 Å². The molecule has 0 atom stereocenters. The van der Waals surface area contributed by atoms with E-state index in [1.807, 2.05) is 22.2 Å². The molecule has 98 valence electrons. The van der Waals surface area contributed by atoms with E-state index in [0.717, 1.165) is 10.7 Å². The molecule has 0 aliphatic rings. The van der Waals surface area contributed by atoms with Gasteiger partial charge in [0.25, 0.3) is 0 Å². The molecule has 0 fully saturated rings. The van der Waals surface area contributed by atoms with Crippen molar-refractivity contribution in [2.75, 3.05) is 26.9 Å². The lowest BCUT2D eigenvalue weighted by Crippen LogP contribution is -2.09. The van der Waals surface area contributed by atoms with Gasteiger partial charge in [0.2, 0.25) is 0 Å². The molecule has 5 nitrogen and oxygen atoms in total. The van der Waals surface area contributed by atoms with Gasteiger partial charge in [-0.25, -0.2) is 4.98 Å². The van der Waals surface area contributed by atoms with Crippen LogP contribution in [0.15, 0.2) is 17.8 Å². The average Bonchev–Trinajstić information content (AvgIpc) is 2.89. The van der Waals surface area contributed by atoms with Gasteiger partial charge in [0, 0.05) is 31.3 Å². The first-order valence-electron chi connectivity index (χ1n) is 5.79. The van der Waals surface area contributed by atoms with E-state index in [2.05, 4.69) is 4.98 Å². The summed E-state index contributed by atoms with van der Waals surface area (Å²) in [6.07, 6.45) is 4.64. The summed E-state index contributed by atoms with van der Waals surface area (Å²) >= 11 is 1.56. The molecule has 18 heavy (non-hydrogen) atoms. The van der Waals surface area contributed by atoms with Crippen LogP contribution in [0.5, 0.6) is 0 Å². The molecule has 2 rings (SSSR count). The average molecular weight is 268 g/mol. The Hall–Kier alpha value is -1.24. The van der Waals surface area contributed by atoms with Crippen LogP contribution in [0.25, 0.3) is 4.96 Å². The minimum Gasteiger partial charge on any atom is -0.382 e. The number of ether oxygens (including phenoxy) is 2. The van der Waals surface area contributed by atoms with Crippen LogP contribution in [0.1, 0.15) is 12.1 Å². The molecule has 2 aromatic rings. The Morgan fingerprint density at radius 3 is 3.11 bits per heavy atom. The molecule has 2 aromatic heterocycles. The van der Waals surface area contributed by atoms with Gasteiger partial charge < -0.3 is 9.47 Å². The predicted molar refractivity (Wildman–Crippen MR) is 69.1 cm³/mol. The molecular formula is C12H16N2O3S. The molecule has 0 aliphatic heterocycles. The van der Waals surface area contributed by atoms with Gasteiger partial charge in [0.05, 0.1) is 31.9 Å². The maximum absolute atomic E-state index is 11.7. The number of fused-ring (bicyclic) bond motifs is 1. The van der Waals surface area contributed by atoms with Crippen LogP contribution in [0.3, 0.4) is 0 Å².